The predicted octanol–water partition coefficient (Wildman–Crippen LogP) is 4.83. The van der Waals surface area contributed by atoms with Gasteiger partial charge in [-0.15, -0.1) is 0 Å². The number of carbonyl (C=O) groups is 2. The van der Waals surface area contributed by atoms with Crippen molar-refractivity contribution in [2.24, 2.45) is 0 Å². The molecule has 0 spiro atoms. The molecule has 0 bridgehead atoms. The van der Waals surface area contributed by atoms with E-state index in [1.165, 1.54) is 0 Å². The van der Waals surface area contributed by atoms with Crippen LogP contribution in [-0.2, 0) is 0 Å². The molecule has 1 aliphatic heterocycles. The maximum atomic E-state index is 12.8. The van der Waals surface area contributed by atoms with Crippen LogP contribution >= 0.6 is 0 Å². The van der Waals surface area contributed by atoms with E-state index in [1.807, 2.05) is 39.8 Å². The van der Waals surface area contributed by atoms with Crippen LogP contribution in [0.25, 0.3) is 0 Å². The third-order valence-electron chi connectivity index (χ3n) is 4.87. The number of anilines is 3. The van der Waals surface area contributed by atoms with Crippen LogP contribution in [0.5, 0.6) is 5.75 Å². The summed E-state index contributed by atoms with van der Waals surface area (Å²) >= 11 is 0. The second kappa shape index (κ2) is 7.83. The number of aromatic nitrogens is 2. The van der Waals surface area contributed by atoms with Crippen LogP contribution < -0.4 is 15.4 Å². The van der Waals surface area contributed by atoms with Crippen molar-refractivity contribution in [1.82, 2.24) is 9.97 Å². The number of hydrogen-bond acceptors (Lipinski definition) is 6. The van der Waals surface area contributed by atoms with E-state index in [2.05, 4.69) is 20.6 Å². The van der Waals surface area contributed by atoms with Gasteiger partial charge in [0.1, 0.15) is 11.4 Å². The number of aryl methyl sites for hydroxylation is 2. The van der Waals surface area contributed by atoms with E-state index in [9.17, 15) is 9.59 Å². The number of amides is 1. The molecule has 2 aromatic carbocycles. The summed E-state index contributed by atoms with van der Waals surface area (Å²) in [6.07, 6.45) is 0.297. The Hall–Kier alpha value is -3.74. The summed E-state index contributed by atoms with van der Waals surface area (Å²) in [5, 5.41) is 5.99. The van der Waals surface area contributed by atoms with Crippen LogP contribution in [-0.4, -0.2) is 27.3 Å². The Morgan fingerprint density at radius 2 is 1.74 bits per heavy atom. The van der Waals surface area contributed by atoms with Crippen molar-refractivity contribution in [3.63, 3.8) is 0 Å². The van der Waals surface area contributed by atoms with Crippen molar-refractivity contribution in [3.05, 3.63) is 71.0 Å². The second-order valence-electron chi connectivity index (χ2n) is 8.31. The lowest BCUT2D eigenvalue weighted by Crippen LogP contribution is -2.35. The van der Waals surface area contributed by atoms with Crippen molar-refractivity contribution in [1.29, 1.82) is 0 Å². The lowest BCUT2D eigenvalue weighted by atomic mass is 9.93. The van der Waals surface area contributed by atoms with E-state index in [4.69, 9.17) is 4.74 Å². The Labute approximate surface area is 180 Å². The summed E-state index contributed by atoms with van der Waals surface area (Å²) in [6.45, 7) is 7.57. The second-order valence-corrected chi connectivity index (χ2v) is 8.31. The molecule has 1 aromatic heterocycles. The fourth-order valence-electron chi connectivity index (χ4n) is 3.58. The smallest absolute Gasteiger partial charge is 0.255 e. The van der Waals surface area contributed by atoms with E-state index in [1.54, 1.807) is 36.4 Å². The Balaban J connectivity index is 1.51. The van der Waals surface area contributed by atoms with Gasteiger partial charge in [0, 0.05) is 28.3 Å². The number of fused-ring (bicyclic) bond motifs is 1. The van der Waals surface area contributed by atoms with Crippen molar-refractivity contribution in [2.75, 3.05) is 10.6 Å². The molecular weight excluding hydrogens is 392 g/mol. The highest BCUT2D eigenvalue weighted by Gasteiger charge is 2.32. The van der Waals surface area contributed by atoms with E-state index in [0.29, 0.717) is 40.6 Å². The lowest BCUT2D eigenvalue weighted by Gasteiger charge is -2.31. The van der Waals surface area contributed by atoms with Gasteiger partial charge < -0.3 is 15.4 Å². The van der Waals surface area contributed by atoms with E-state index in [0.717, 1.165) is 11.4 Å². The molecule has 0 unspecified atom stereocenters. The number of Topliss-reactive ketones (excluding diaryl/α,β-unsaturated/α-hetero) is 1. The minimum absolute atomic E-state index is 0.00185. The highest BCUT2D eigenvalue weighted by Crippen LogP contribution is 2.34. The van der Waals surface area contributed by atoms with Crippen LogP contribution in [0.15, 0.2) is 48.5 Å². The maximum absolute atomic E-state index is 12.8. The zero-order chi connectivity index (χ0) is 22.2. The third kappa shape index (κ3) is 4.71. The summed E-state index contributed by atoms with van der Waals surface area (Å²) in [7, 11) is 0. The monoisotopic (exact) mass is 416 g/mol. The minimum Gasteiger partial charge on any atom is -0.487 e. The molecule has 0 saturated carbocycles. The fraction of sp³-hybridized carbons (Fsp3) is 0.250. The third-order valence-corrected chi connectivity index (χ3v) is 4.87. The van der Waals surface area contributed by atoms with Crippen molar-refractivity contribution >= 4 is 29.0 Å². The van der Waals surface area contributed by atoms with Gasteiger partial charge in [-0.25, -0.2) is 9.97 Å². The Kier molecular flexibility index (Phi) is 5.19. The number of hydrogen-bond donors (Lipinski definition) is 2. The maximum Gasteiger partial charge on any atom is 0.255 e. The van der Waals surface area contributed by atoms with Gasteiger partial charge in [0.25, 0.3) is 5.91 Å². The predicted molar refractivity (Wildman–Crippen MR) is 119 cm³/mol. The molecule has 1 amide bonds. The zero-order valence-electron chi connectivity index (χ0n) is 17.9. The van der Waals surface area contributed by atoms with Crippen molar-refractivity contribution in [3.8, 4) is 5.75 Å². The summed E-state index contributed by atoms with van der Waals surface area (Å²) in [6, 6.07) is 14.1. The molecule has 2 N–H and O–H groups in total. The van der Waals surface area contributed by atoms with Gasteiger partial charge in [-0.05, 0) is 70.2 Å². The Morgan fingerprint density at radius 3 is 2.48 bits per heavy atom. The summed E-state index contributed by atoms with van der Waals surface area (Å²) in [4.78, 5) is 34.0. The van der Waals surface area contributed by atoms with Gasteiger partial charge in [-0.1, -0.05) is 6.07 Å². The molecule has 0 aliphatic carbocycles. The van der Waals surface area contributed by atoms with Gasteiger partial charge in [-0.2, -0.15) is 0 Å². The topological polar surface area (TPSA) is 93.2 Å². The Morgan fingerprint density at radius 1 is 1.00 bits per heavy atom. The molecule has 0 atom stereocenters. The van der Waals surface area contributed by atoms with Crippen LogP contribution in [0.2, 0.25) is 0 Å². The average Bonchev–Trinajstić information content (AvgIpc) is 2.67. The first-order valence-corrected chi connectivity index (χ1v) is 10.1. The molecule has 31 heavy (non-hydrogen) atoms. The summed E-state index contributed by atoms with van der Waals surface area (Å²) in [5.41, 5.74) is 3.39. The normalized spacial score (nSPS) is 14.4. The Bertz CT molecular complexity index is 1170. The molecule has 7 nitrogen and oxygen atoms in total. The van der Waals surface area contributed by atoms with Crippen molar-refractivity contribution < 1.29 is 14.3 Å². The fourth-order valence-corrected chi connectivity index (χ4v) is 3.58. The average molecular weight is 416 g/mol. The zero-order valence-corrected chi connectivity index (χ0v) is 17.9. The number of nitrogens with zero attached hydrogens (tertiary/aromatic N) is 2. The number of carbonyl (C=O) groups excluding carboxylic acids is 2. The quantitative estimate of drug-likeness (QED) is 0.633. The molecule has 2 heterocycles. The van der Waals surface area contributed by atoms with Gasteiger partial charge in [0.15, 0.2) is 5.78 Å². The number of ether oxygens (including phenoxy) is 1. The minimum atomic E-state index is -0.526. The molecule has 0 saturated heterocycles. The first kappa shape index (κ1) is 20.5. The van der Waals surface area contributed by atoms with Crippen LogP contribution in [0, 0.1) is 13.8 Å². The van der Waals surface area contributed by atoms with E-state index in [-0.39, 0.29) is 11.7 Å². The lowest BCUT2D eigenvalue weighted by molar-refractivity contribution is 0.0620. The summed E-state index contributed by atoms with van der Waals surface area (Å²) < 4.78 is 5.87. The van der Waals surface area contributed by atoms with Gasteiger partial charge in [0.05, 0.1) is 12.0 Å². The van der Waals surface area contributed by atoms with Gasteiger partial charge in [0.2, 0.25) is 5.95 Å². The molecule has 4 rings (SSSR count). The highest BCUT2D eigenvalue weighted by molar-refractivity contribution is 6.06. The van der Waals surface area contributed by atoms with Crippen molar-refractivity contribution in [2.45, 2.75) is 39.7 Å². The first-order valence-electron chi connectivity index (χ1n) is 10.1. The number of benzene rings is 2. The molecule has 1 aliphatic rings. The molecule has 158 valence electrons. The molecule has 3 aromatic rings. The molecule has 0 fully saturated rings. The van der Waals surface area contributed by atoms with Crippen LogP contribution in [0.1, 0.15) is 52.4 Å². The summed E-state index contributed by atoms with van der Waals surface area (Å²) in [5.74, 6) is 0.738. The number of nitrogens with one attached hydrogen (secondary N) is 2. The van der Waals surface area contributed by atoms with Crippen LogP contribution in [0.3, 0.4) is 0 Å². The molecular formula is C24H24N4O3. The SMILES string of the molecule is Cc1cc(C)nc(Nc2cccc(C(=O)Nc3ccc4c(c3)C(=O)CC(C)(C)O4)c2)n1. The number of rotatable bonds is 4. The van der Waals surface area contributed by atoms with E-state index < -0.39 is 5.60 Å². The van der Waals surface area contributed by atoms with Gasteiger partial charge >= 0.3 is 0 Å². The highest BCUT2D eigenvalue weighted by atomic mass is 16.5. The van der Waals surface area contributed by atoms with E-state index >= 15 is 0 Å². The standard InChI is InChI=1S/C24H24N4O3/c1-14-10-15(2)26-23(25-14)28-17-7-5-6-16(11-17)22(30)27-18-8-9-21-19(12-18)20(29)13-24(3,4)31-21/h5-12H,13H2,1-4H3,(H,27,30)(H,25,26,28). The molecule has 7 heteroatoms. The largest absolute Gasteiger partial charge is 0.487 e. The van der Waals surface area contributed by atoms with Crippen LogP contribution in [0.4, 0.5) is 17.3 Å². The first-order chi connectivity index (χ1) is 14.7. The number of ketones is 1. The molecule has 0 radical (unpaired) electrons. The van der Waals surface area contributed by atoms with Gasteiger partial charge in [-0.3, -0.25) is 9.59 Å².